The summed E-state index contributed by atoms with van der Waals surface area (Å²) < 4.78 is 13.5. The highest BCUT2D eigenvalue weighted by atomic mass is 16.5. The second-order valence-electron chi connectivity index (χ2n) is 14.3. The van der Waals surface area contributed by atoms with Crippen LogP contribution >= 0.6 is 0 Å². The van der Waals surface area contributed by atoms with Crippen molar-refractivity contribution < 1.29 is 9.47 Å². The molecule has 3 heteroatoms. The van der Waals surface area contributed by atoms with Crippen LogP contribution in [0.1, 0.15) is 0 Å². The van der Waals surface area contributed by atoms with Gasteiger partial charge in [0.15, 0.2) is 0 Å². The highest BCUT2D eigenvalue weighted by Crippen LogP contribution is 2.47. The second-order valence-corrected chi connectivity index (χ2v) is 14.3. The molecule has 0 radical (unpaired) electrons. The molecule has 0 spiro atoms. The summed E-state index contributed by atoms with van der Waals surface area (Å²) in [6, 6.07) is 63.7. The zero-order valence-corrected chi connectivity index (χ0v) is 28.6. The van der Waals surface area contributed by atoms with Crippen LogP contribution in [0, 0.1) is 0 Å². The molecule has 2 aliphatic rings. The van der Waals surface area contributed by atoms with Gasteiger partial charge >= 0.3 is 0 Å². The number of hydrogen-bond acceptors (Lipinski definition) is 2. The van der Waals surface area contributed by atoms with Gasteiger partial charge in [-0.1, -0.05) is 146 Å². The third kappa shape index (κ3) is 4.05. The molecule has 244 valence electrons. The molecule has 0 aliphatic carbocycles. The summed E-state index contributed by atoms with van der Waals surface area (Å²) in [5.41, 5.74) is 8.13. The molecule has 12 rings (SSSR count). The van der Waals surface area contributed by atoms with Crippen LogP contribution < -0.4 is 25.9 Å². The van der Waals surface area contributed by atoms with Gasteiger partial charge in [0.25, 0.3) is 6.71 Å². The summed E-state index contributed by atoms with van der Waals surface area (Å²) in [5.74, 6) is 3.49. The summed E-state index contributed by atoms with van der Waals surface area (Å²) >= 11 is 0. The zero-order valence-electron chi connectivity index (χ0n) is 28.6. The fraction of sp³-hybridized carbons (Fsp3) is 0. The van der Waals surface area contributed by atoms with Gasteiger partial charge in [-0.15, -0.1) is 0 Å². The molecular formula is C50H29BO2. The molecule has 2 aliphatic heterocycles. The summed E-state index contributed by atoms with van der Waals surface area (Å²) in [7, 11) is 0. The fourth-order valence-electron chi connectivity index (χ4n) is 9.35. The van der Waals surface area contributed by atoms with E-state index in [1.807, 2.05) is 0 Å². The minimum atomic E-state index is 0.0425. The van der Waals surface area contributed by atoms with Crippen LogP contribution in [0.25, 0.3) is 76.1 Å². The second kappa shape index (κ2) is 10.8. The van der Waals surface area contributed by atoms with Gasteiger partial charge in [0.05, 0.1) is 0 Å². The number of fused-ring (bicyclic) bond motifs is 12. The van der Waals surface area contributed by atoms with Gasteiger partial charge in [-0.05, 0) is 117 Å². The standard InChI is InChI=1S/C50H29BO2/c1-2-15-34-32(13-1)33-14-3-4-16-35(33)41-27-30(25-26-36(34)41)48-37-17-5-7-19-39(37)49(40-20-8-6-18-38(40)48)31-28-46-50-47(29-31)53-45-24-12-10-22-43(45)51(50)42-21-9-11-23-44(42)52-46/h1-29H. The minimum absolute atomic E-state index is 0.0425. The van der Waals surface area contributed by atoms with E-state index in [1.54, 1.807) is 0 Å². The Morgan fingerprint density at radius 1 is 0.283 bits per heavy atom. The van der Waals surface area contributed by atoms with Crippen LogP contribution in [-0.4, -0.2) is 6.71 Å². The number of hydrogen-bond donors (Lipinski definition) is 0. The van der Waals surface area contributed by atoms with Crippen LogP contribution in [0.4, 0.5) is 0 Å². The lowest BCUT2D eigenvalue weighted by Gasteiger charge is -2.33. The summed E-state index contributed by atoms with van der Waals surface area (Å²) in [6.07, 6.45) is 0. The van der Waals surface area contributed by atoms with E-state index in [1.165, 1.54) is 81.5 Å². The van der Waals surface area contributed by atoms with Crippen molar-refractivity contribution in [2.75, 3.05) is 0 Å². The average Bonchev–Trinajstić information content (AvgIpc) is 3.22. The first kappa shape index (κ1) is 28.8. The van der Waals surface area contributed by atoms with Gasteiger partial charge in [-0.3, -0.25) is 0 Å². The molecule has 0 fully saturated rings. The molecular weight excluding hydrogens is 643 g/mol. The molecule has 0 amide bonds. The van der Waals surface area contributed by atoms with E-state index in [2.05, 4.69) is 176 Å². The van der Waals surface area contributed by atoms with Gasteiger partial charge < -0.3 is 9.47 Å². The average molecular weight is 673 g/mol. The molecule has 0 aromatic heterocycles. The quantitative estimate of drug-likeness (QED) is 0.103. The van der Waals surface area contributed by atoms with Gasteiger partial charge in [0.2, 0.25) is 0 Å². The topological polar surface area (TPSA) is 18.5 Å². The Labute approximate surface area is 306 Å². The fourth-order valence-corrected chi connectivity index (χ4v) is 9.35. The Balaban J connectivity index is 1.13. The lowest BCUT2D eigenvalue weighted by atomic mass is 9.35. The van der Waals surface area contributed by atoms with Gasteiger partial charge in [0, 0.05) is 5.46 Å². The first-order chi connectivity index (χ1) is 26.3. The van der Waals surface area contributed by atoms with Crippen molar-refractivity contribution in [1.82, 2.24) is 0 Å². The summed E-state index contributed by atoms with van der Waals surface area (Å²) in [4.78, 5) is 0. The molecule has 2 nitrogen and oxygen atoms in total. The molecule has 2 heterocycles. The van der Waals surface area contributed by atoms with Crippen molar-refractivity contribution >= 4 is 77.0 Å². The SMILES string of the molecule is c1ccc2c(c1)Oc1cc(-c3c4ccccc4c(-c4ccc5c6ccccc6c6ccccc6c5c4)c4ccccc34)cc3c1B2c1ccccc1O3. The number of rotatable bonds is 2. The van der Waals surface area contributed by atoms with Crippen molar-refractivity contribution in [2.45, 2.75) is 0 Å². The van der Waals surface area contributed by atoms with Gasteiger partial charge in [-0.25, -0.2) is 0 Å². The lowest BCUT2D eigenvalue weighted by Crippen LogP contribution is -2.57. The van der Waals surface area contributed by atoms with E-state index in [0.29, 0.717) is 0 Å². The monoisotopic (exact) mass is 672 g/mol. The molecule has 0 N–H and O–H groups in total. The smallest absolute Gasteiger partial charge is 0.260 e. The maximum absolute atomic E-state index is 6.75. The molecule has 0 saturated carbocycles. The van der Waals surface area contributed by atoms with E-state index in [-0.39, 0.29) is 6.71 Å². The summed E-state index contributed by atoms with van der Waals surface area (Å²) in [5, 5.41) is 12.5. The van der Waals surface area contributed by atoms with Crippen molar-refractivity contribution in [2.24, 2.45) is 0 Å². The van der Waals surface area contributed by atoms with Crippen LogP contribution in [0.3, 0.4) is 0 Å². The Bertz CT molecular complexity index is 3030. The first-order valence-electron chi connectivity index (χ1n) is 18.3. The van der Waals surface area contributed by atoms with E-state index in [4.69, 9.17) is 9.47 Å². The van der Waals surface area contributed by atoms with Gasteiger partial charge in [0.1, 0.15) is 23.0 Å². The predicted octanol–water partition coefficient (Wildman–Crippen LogP) is 11.5. The largest absolute Gasteiger partial charge is 0.458 e. The molecule has 10 aromatic rings. The molecule has 0 unspecified atom stereocenters. The van der Waals surface area contributed by atoms with Crippen molar-refractivity contribution in [3.63, 3.8) is 0 Å². The summed E-state index contributed by atoms with van der Waals surface area (Å²) in [6.45, 7) is 0.0425. The van der Waals surface area contributed by atoms with E-state index >= 15 is 0 Å². The third-order valence-electron chi connectivity index (χ3n) is 11.5. The molecule has 0 atom stereocenters. The molecule has 0 bridgehead atoms. The zero-order chi connectivity index (χ0) is 34.6. The van der Waals surface area contributed by atoms with E-state index in [9.17, 15) is 0 Å². The Morgan fingerprint density at radius 2 is 0.660 bits per heavy atom. The van der Waals surface area contributed by atoms with Crippen LogP contribution in [-0.2, 0) is 0 Å². The normalized spacial score (nSPS) is 12.8. The van der Waals surface area contributed by atoms with Crippen molar-refractivity contribution in [3.05, 3.63) is 176 Å². The first-order valence-corrected chi connectivity index (χ1v) is 18.3. The van der Waals surface area contributed by atoms with Crippen LogP contribution in [0.5, 0.6) is 23.0 Å². The molecule has 53 heavy (non-hydrogen) atoms. The Kier molecular flexibility index (Phi) is 5.89. The van der Waals surface area contributed by atoms with Gasteiger partial charge in [-0.2, -0.15) is 0 Å². The van der Waals surface area contributed by atoms with Crippen LogP contribution in [0.15, 0.2) is 176 Å². The van der Waals surface area contributed by atoms with Crippen LogP contribution in [0.2, 0.25) is 0 Å². The maximum Gasteiger partial charge on any atom is 0.260 e. The third-order valence-corrected chi connectivity index (χ3v) is 11.5. The number of benzene rings is 10. The van der Waals surface area contributed by atoms with Crippen molar-refractivity contribution in [3.8, 4) is 45.3 Å². The maximum atomic E-state index is 6.75. The molecule has 0 saturated heterocycles. The minimum Gasteiger partial charge on any atom is -0.458 e. The number of ether oxygens (including phenoxy) is 2. The van der Waals surface area contributed by atoms with E-state index < -0.39 is 0 Å². The number of para-hydroxylation sites is 2. The highest BCUT2D eigenvalue weighted by Gasteiger charge is 2.40. The Hall–Kier alpha value is -6.84. The highest BCUT2D eigenvalue weighted by molar-refractivity contribution is 6.98. The van der Waals surface area contributed by atoms with E-state index in [0.717, 1.165) is 34.0 Å². The lowest BCUT2D eigenvalue weighted by molar-refractivity contribution is 0.465. The Morgan fingerprint density at radius 3 is 1.15 bits per heavy atom. The molecule has 10 aromatic carbocycles. The predicted molar refractivity (Wildman–Crippen MR) is 223 cm³/mol. The van der Waals surface area contributed by atoms with Crippen molar-refractivity contribution in [1.29, 1.82) is 0 Å².